The monoisotopic (exact) mass is 414 g/mol. The summed E-state index contributed by atoms with van der Waals surface area (Å²) >= 11 is 0. The zero-order chi connectivity index (χ0) is 23.2. The minimum atomic E-state index is -0.798. The lowest BCUT2D eigenvalue weighted by atomic mass is 10.1. The van der Waals surface area contributed by atoms with Gasteiger partial charge in [-0.05, 0) is 31.9 Å². The van der Waals surface area contributed by atoms with E-state index in [1.165, 1.54) is 35.0 Å². The summed E-state index contributed by atoms with van der Waals surface area (Å²) in [7, 11) is 4.49. The number of aromatic nitrogens is 2. The van der Waals surface area contributed by atoms with Crippen molar-refractivity contribution >= 4 is 17.5 Å². The largest absolute Gasteiger partial charge is 0.465 e. The summed E-state index contributed by atoms with van der Waals surface area (Å²) in [6.45, 7) is 12.2. The number of benzene rings is 1. The first-order valence-corrected chi connectivity index (χ1v) is 8.87. The zero-order valence-electron chi connectivity index (χ0n) is 18.1. The van der Waals surface area contributed by atoms with Crippen LogP contribution in [0.5, 0.6) is 0 Å². The Bertz CT molecular complexity index is 1030. The first-order chi connectivity index (χ1) is 14.0. The number of rotatable bonds is 5. The van der Waals surface area contributed by atoms with E-state index < -0.39 is 16.5 Å². The maximum Gasteiger partial charge on any atom is 0.347 e. The molecule has 1 aromatic heterocycles. The maximum absolute atomic E-state index is 12.9. The molecule has 1 heterocycles. The molecule has 0 aliphatic heterocycles. The van der Waals surface area contributed by atoms with Crippen LogP contribution in [0.1, 0.15) is 28.4 Å². The fourth-order valence-corrected chi connectivity index (χ4v) is 2.64. The van der Waals surface area contributed by atoms with Gasteiger partial charge in [-0.15, -0.1) is 0 Å². The number of methoxy groups -OCH3 is 1. The number of allylic oxidation sites excluding steroid dienone is 2. The minimum absolute atomic E-state index is 0.0714. The molecule has 0 radical (unpaired) electrons. The molecule has 0 aliphatic rings. The molecule has 0 fully saturated rings. The summed E-state index contributed by atoms with van der Waals surface area (Å²) in [6.07, 6.45) is 3.02. The first-order valence-electron chi connectivity index (χ1n) is 8.87. The normalized spacial score (nSPS) is 9.80. The van der Waals surface area contributed by atoms with E-state index >= 15 is 0 Å². The van der Waals surface area contributed by atoms with Crippen LogP contribution in [0.15, 0.2) is 48.1 Å². The molecule has 9 heteroatoms. The number of hydrogen-bond acceptors (Lipinski definition) is 7. The van der Waals surface area contributed by atoms with Gasteiger partial charge in [0.15, 0.2) is 5.56 Å². The van der Waals surface area contributed by atoms with Crippen LogP contribution in [0.4, 0.5) is 11.5 Å². The van der Waals surface area contributed by atoms with E-state index in [9.17, 15) is 19.7 Å². The molecule has 0 bridgehead atoms. The van der Waals surface area contributed by atoms with Crippen LogP contribution in [0.2, 0.25) is 0 Å². The van der Waals surface area contributed by atoms with Gasteiger partial charge >= 0.3 is 5.97 Å². The lowest BCUT2D eigenvalue weighted by Crippen LogP contribution is -2.31. The van der Waals surface area contributed by atoms with Crippen molar-refractivity contribution in [1.82, 2.24) is 9.55 Å². The van der Waals surface area contributed by atoms with Crippen LogP contribution in [-0.4, -0.2) is 41.6 Å². The number of anilines is 1. The molecular weight excluding hydrogens is 388 g/mol. The number of carbonyl (C=O) groups is 1. The second-order valence-corrected chi connectivity index (χ2v) is 6.74. The van der Waals surface area contributed by atoms with Gasteiger partial charge in [-0.2, -0.15) is 0 Å². The van der Waals surface area contributed by atoms with Crippen molar-refractivity contribution in [2.75, 3.05) is 26.1 Å². The molecule has 2 rings (SSSR count). The Labute approximate surface area is 175 Å². The van der Waals surface area contributed by atoms with Crippen molar-refractivity contribution in [3.63, 3.8) is 0 Å². The molecule has 0 amide bonds. The minimum Gasteiger partial charge on any atom is -0.465 e. The number of nitro benzene ring substituents is 1. The molecular formula is C21H26N4O5. The Balaban J connectivity index is 0.000000804. The first kappa shape index (κ1) is 24.3. The van der Waals surface area contributed by atoms with Crippen LogP contribution in [0.25, 0.3) is 5.69 Å². The molecule has 9 nitrogen and oxygen atoms in total. The maximum atomic E-state index is 12.9. The average molecular weight is 414 g/mol. The number of carbonyl (C=O) groups excluding carboxylic acids is 1. The van der Waals surface area contributed by atoms with Gasteiger partial charge in [-0.25, -0.2) is 9.78 Å². The summed E-state index contributed by atoms with van der Waals surface area (Å²) in [5, 5.41) is 11.0. The third-order valence-corrected chi connectivity index (χ3v) is 4.04. The second-order valence-electron chi connectivity index (χ2n) is 6.74. The SMILES string of the molecule is C=CC(=C)C.COC(=O)c1c(N(C)C)ncn(-c2c(C)cc([N+](=O)[O-])cc2C)c1=O. The molecule has 0 N–H and O–H groups in total. The number of aryl methyl sites for hydroxylation is 2. The molecule has 1 aromatic carbocycles. The number of hydrogen-bond donors (Lipinski definition) is 0. The standard InChI is InChI=1S/C16H18N4O5.C5H8/c1-9-6-11(20(23)24)7-10(2)13(9)19-8-17-14(18(3)4)12(15(19)21)16(22)25-5;1-4-5(2)3/h6-8H,1-5H3;4H,1-2H2,3H3. The van der Waals surface area contributed by atoms with Crippen LogP contribution in [0.3, 0.4) is 0 Å². The van der Waals surface area contributed by atoms with Crippen molar-refractivity contribution in [1.29, 1.82) is 0 Å². The van der Waals surface area contributed by atoms with E-state index in [0.717, 1.165) is 5.57 Å². The summed E-state index contributed by atoms with van der Waals surface area (Å²) in [5.41, 5.74) is 1.62. The van der Waals surface area contributed by atoms with E-state index in [0.29, 0.717) is 16.8 Å². The molecule has 0 atom stereocenters. The predicted molar refractivity (Wildman–Crippen MR) is 117 cm³/mol. The molecule has 2 aromatic rings. The molecule has 0 saturated heterocycles. The van der Waals surface area contributed by atoms with Crippen LogP contribution in [0, 0.1) is 24.0 Å². The molecule has 0 unspecified atom stereocenters. The quantitative estimate of drug-likeness (QED) is 0.319. The van der Waals surface area contributed by atoms with Gasteiger partial charge in [-0.1, -0.05) is 24.8 Å². The van der Waals surface area contributed by atoms with Crippen molar-refractivity contribution in [2.24, 2.45) is 0 Å². The summed E-state index contributed by atoms with van der Waals surface area (Å²) < 4.78 is 5.90. The van der Waals surface area contributed by atoms with Crippen molar-refractivity contribution in [3.05, 3.63) is 80.4 Å². The van der Waals surface area contributed by atoms with Crippen LogP contribution < -0.4 is 10.5 Å². The summed E-state index contributed by atoms with van der Waals surface area (Å²) in [6, 6.07) is 2.74. The number of esters is 1. The Hall–Kier alpha value is -3.75. The Morgan fingerprint density at radius 1 is 1.30 bits per heavy atom. The van der Waals surface area contributed by atoms with E-state index in [2.05, 4.69) is 18.1 Å². The highest BCUT2D eigenvalue weighted by atomic mass is 16.6. The van der Waals surface area contributed by atoms with Crippen molar-refractivity contribution < 1.29 is 14.5 Å². The fraction of sp³-hybridized carbons (Fsp3) is 0.286. The summed E-state index contributed by atoms with van der Waals surface area (Å²) in [4.78, 5) is 41.1. The van der Waals surface area contributed by atoms with Crippen LogP contribution in [-0.2, 0) is 4.74 Å². The molecule has 160 valence electrons. The number of nitro groups is 1. The van der Waals surface area contributed by atoms with Gasteiger partial charge in [0.1, 0.15) is 12.1 Å². The Morgan fingerprint density at radius 2 is 1.80 bits per heavy atom. The van der Waals surface area contributed by atoms with Gasteiger partial charge < -0.3 is 9.64 Å². The highest BCUT2D eigenvalue weighted by Gasteiger charge is 2.23. The lowest BCUT2D eigenvalue weighted by Gasteiger charge is -2.18. The van der Waals surface area contributed by atoms with Crippen LogP contribution >= 0.6 is 0 Å². The lowest BCUT2D eigenvalue weighted by molar-refractivity contribution is -0.384. The predicted octanol–water partition coefficient (Wildman–Crippen LogP) is 3.36. The summed E-state index contributed by atoms with van der Waals surface area (Å²) in [5.74, 6) is -0.613. The molecule has 0 saturated carbocycles. The molecule has 0 aliphatic carbocycles. The topological polar surface area (TPSA) is 108 Å². The van der Waals surface area contributed by atoms with Crippen molar-refractivity contribution in [3.8, 4) is 5.69 Å². The van der Waals surface area contributed by atoms with E-state index in [1.807, 2.05) is 6.92 Å². The average Bonchev–Trinajstić information content (AvgIpc) is 2.67. The highest BCUT2D eigenvalue weighted by Crippen LogP contribution is 2.25. The van der Waals surface area contributed by atoms with E-state index in [1.54, 1.807) is 34.0 Å². The fourth-order valence-electron chi connectivity index (χ4n) is 2.64. The second kappa shape index (κ2) is 10.1. The van der Waals surface area contributed by atoms with Gasteiger partial charge in [0, 0.05) is 26.2 Å². The van der Waals surface area contributed by atoms with Gasteiger partial charge in [0.25, 0.3) is 11.2 Å². The number of non-ortho nitro benzene ring substituents is 1. The third kappa shape index (κ3) is 5.40. The molecule has 30 heavy (non-hydrogen) atoms. The van der Waals surface area contributed by atoms with Gasteiger partial charge in [0.05, 0.1) is 17.7 Å². The smallest absolute Gasteiger partial charge is 0.347 e. The van der Waals surface area contributed by atoms with Gasteiger partial charge in [0.2, 0.25) is 0 Å². The molecule has 0 spiro atoms. The number of nitrogens with zero attached hydrogens (tertiary/aromatic N) is 4. The van der Waals surface area contributed by atoms with E-state index in [-0.39, 0.29) is 17.1 Å². The Kier molecular flexibility index (Phi) is 8.22. The highest BCUT2D eigenvalue weighted by molar-refractivity contribution is 5.94. The van der Waals surface area contributed by atoms with E-state index in [4.69, 9.17) is 4.74 Å². The third-order valence-electron chi connectivity index (χ3n) is 4.04. The van der Waals surface area contributed by atoms with Gasteiger partial charge in [-0.3, -0.25) is 19.5 Å². The van der Waals surface area contributed by atoms with Crippen molar-refractivity contribution in [2.45, 2.75) is 20.8 Å². The number of ether oxygens (including phenoxy) is 1. The Morgan fingerprint density at radius 3 is 2.17 bits per heavy atom. The zero-order valence-corrected chi connectivity index (χ0v) is 18.1.